The van der Waals surface area contributed by atoms with Crippen molar-refractivity contribution in [2.24, 2.45) is 0 Å². The van der Waals surface area contributed by atoms with Gasteiger partial charge < -0.3 is 0 Å². The average Bonchev–Trinajstić information content (AvgIpc) is 1.68. The maximum Gasteiger partial charge on any atom is 0.128 e. The van der Waals surface area contributed by atoms with Gasteiger partial charge in [-0.3, -0.25) is 0 Å². The van der Waals surface area contributed by atoms with Gasteiger partial charge in [0.05, 0.1) is 0 Å². The maximum atomic E-state index is 5.61. The van der Waals surface area contributed by atoms with Gasteiger partial charge in [0.2, 0.25) is 0 Å². The zero-order chi connectivity index (χ0) is 5.70. The van der Waals surface area contributed by atoms with E-state index in [9.17, 15) is 0 Å². The first kappa shape index (κ1) is 7.51. The first-order chi connectivity index (χ1) is 3.31. The van der Waals surface area contributed by atoms with E-state index in [1.165, 1.54) is 12.8 Å². The fourth-order valence-electron chi connectivity index (χ4n) is 0.485. The summed E-state index contributed by atoms with van der Waals surface area (Å²) in [6, 6.07) is 0. The van der Waals surface area contributed by atoms with Crippen LogP contribution in [0, 0.1) is 6.92 Å². The molecule has 0 saturated heterocycles. The van der Waals surface area contributed by atoms with E-state index in [0.717, 1.165) is 0 Å². The summed E-state index contributed by atoms with van der Waals surface area (Å²) >= 11 is 5.61. The van der Waals surface area contributed by atoms with Crippen LogP contribution in [-0.4, -0.2) is 8.83 Å². The van der Waals surface area contributed by atoms with Crippen LogP contribution in [0.2, 0.25) is 5.54 Å². The standard InChI is InChI=1S/C5H12ClSi/c1-3-4-5(2)7-6/h5H,2-4,7H2,1H3. The molecule has 1 radical (unpaired) electrons. The lowest BCUT2D eigenvalue weighted by molar-refractivity contribution is 0.808. The molecule has 0 aromatic carbocycles. The summed E-state index contributed by atoms with van der Waals surface area (Å²) in [7, 11) is -0.312. The van der Waals surface area contributed by atoms with Crippen molar-refractivity contribution in [3.05, 3.63) is 6.92 Å². The van der Waals surface area contributed by atoms with Crippen LogP contribution < -0.4 is 0 Å². The van der Waals surface area contributed by atoms with Gasteiger partial charge in [0.15, 0.2) is 0 Å². The fraction of sp³-hybridized carbons (Fsp3) is 0.800. The van der Waals surface area contributed by atoms with Crippen molar-refractivity contribution < 1.29 is 0 Å². The van der Waals surface area contributed by atoms with Crippen LogP contribution in [0.15, 0.2) is 0 Å². The molecule has 0 rings (SSSR count). The molecule has 1 unspecified atom stereocenters. The third-order valence-corrected chi connectivity index (χ3v) is 3.07. The van der Waals surface area contributed by atoms with Gasteiger partial charge in [-0.2, -0.15) is 11.1 Å². The molecule has 0 fully saturated rings. The molecule has 43 valence electrons. The fourth-order valence-corrected chi connectivity index (χ4v) is 1.51. The molecule has 0 aliphatic heterocycles. The number of rotatable bonds is 3. The molecule has 0 spiro atoms. The van der Waals surface area contributed by atoms with E-state index in [4.69, 9.17) is 11.1 Å². The van der Waals surface area contributed by atoms with Gasteiger partial charge >= 0.3 is 0 Å². The Kier molecular flexibility index (Phi) is 5.00. The molecule has 0 heterocycles. The van der Waals surface area contributed by atoms with Crippen LogP contribution in [0.3, 0.4) is 0 Å². The van der Waals surface area contributed by atoms with Crippen molar-refractivity contribution in [2.75, 3.05) is 0 Å². The van der Waals surface area contributed by atoms with Crippen molar-refractivity contribution in [1.29, 1.82) is 0 Å². The zero-order valence-corrected chi connectivity index (χ0v) is 6.95. The summed E-state index contributed by atoms with van der Waals surface area (Å²) in [5.41, 5.74) is 0.603. The van der Waals surface area contributed by atoms with E-state index in [1.807, 2.05) is 0 Å². The second-order valence-corrected chi connectivity index (χ2v) is 4.20. The lowest BCUT2D eigenvalue weighted by atomic mass is 10.3. The third kappa shape index (κ3) is 4.36. The second kappa shape index (κ2) is 4.66. The minimum atomic E-state index is -0.312. The minimum Gasteiger partial charge on any atom is -0.176 e. The van der Waals surface area contributed by atoms with E-state index in [-0.39, 0.29) is 8.83 Å². The highest BCUT2D eigenvalue weighted by Gasteiger charge is 1.95. The molecule has 0 aromatic heterocycles. The van der Waals surface area contributed by atoms with Crippen LogP contribution in [-0.2, 0) is 0 Å². The summed E-state index contributed by atoms with van der Waals surface area (Å²) in [6.45, 7) is 6.04. The topological polar surface area (TPSA) is 0 Å². The van der Waals surface area contributed by atoms with Gasteiger partial charge in [-0.15, -0.1) is 0 Å². The largest absolute Gasteiger partial charge is 0.176 e. The summed E-state index contributed by atoms with van der Waals surface area (Å²) < 4.78 is 0. The van der Waals surface area contributed by atoms with Crippen LogP contribution in [0.25, 0.3) is 0 Å². The highest BCUT2D eigenvalue weighted by molar-refractivity contribution is 6.94. The van der Waals surface area contributed by atoms with Crippen molar-refractivity contribution in [3.63, 3.8) is 0 Å². The minimum absolute atomic E-state index is 0.312. The first-order valence-corrected chi connectivity index (χ1v) is 5.65. The predicted octanol–water partition coefficient (Wildman–Crippen LogP) is 1.73. The highest BCUT2D eigenvalue weighted by atomic mass is 35.6. The van der Waals surface area contributed by atoms with E-state index >= 15 is 0 Å². The summed E-state index contributed by atoms with van der Waals surface area (Å²) in [5, 5.41) is 0. The molecule has 7 heavy (non-hydrogen) atoms. The summed E-state index contributed by atoms with van der Waals surface area (Å²) in [4.78, 5) is 0. The van der Waals surface area contributed by atoms with Crippen molar-refractivity contribution in [2.45, 2.75) is 25.3 Å². The SMILES string of the molecule is [CH2]C(CCC)[SiH2]Cl. The molecular weight excluding hydrogens is 124 g/mol. The normalized spacial score (nSPS) is 15.9. The molecule has 0 aliphatic carbocycles. The van der Waals surface area contributed by atoms with Crippen LogP contribution in [0.4, 0.5) is 0 Å². The molecule has 0 saturated carbocycles. The Morgan fingerprint density at radius 3 is 2.57 bits per heavy atom. The monoisotopic (exact) mass is 135 g/mol. The summed E-state index contributed by atoms with van der Waals surface area (Å²) in [6.07, 6.45) is 2.45. The number of halogens is 1. The molecule has 0 bridgehead atoms. The Morgan fingerprint density at radius 1 is 1.86 bits per heavy atom. The van der Waals surface area contributed by atoms with Crippen LogP contribution in [0.5, 0.6) is 0 Å². The Labute approximate surface area is 52.8 Å². The van der Waals surface area contributed by atoms with Crippen LogP contribution in [0.1, 0.15) is 19.8 Å². The highest BCUT2D eigenvalue weighted by Crippen LogP contribution is 2.09. The molecule has 0 amide bonds. The molecule has 0 aliphatic rings. The molecule has 1 atom stereocenters. The smallest absolute Gasteiger partial charge is 0.128 e. The Hall–Kier alpha value is 0.507. The lowest BCUT2D eigenvalue weighted by Gasteiger charge is -1.99. The molecule has 0 N–H and O–H groups in total. The van der Waals surface area contributed by atoms with Crippen LogP contribution >= 0.6 is 11.1 Å². The van der Waals surface area contributed by atoms with Crippen molar-refractivity contribution in [1.82, 2.24) is 0 Å². The second-order valence-electron chi connectivity index (χ2n) is 1.81. The van der Waals surface area contributed by atoms with Gasteiger partial charge in [0.25, 0.3) is 0 Å². The van der Waals surface area contributed by atoms with Gasteiger partial charge in [-0.1, -0.05) is 26.7 Å². The first-order valence-electron chi connectivity index (χ1n) is 2.70. The number of hydrogen-bond donors (Lipinski definition) is 0. The Morgan fingerprint density at radius 2 is 2.43 bits per heavy atom. The molecule has 0 nitrogen and oxygen atoms in total. The van der Waals surface area contributed by atoms with Crippen molar-refractivity contribution in [3.8, 4) is 0 Å². The predicted molar refractivity (Wildman–Crippen MR) is 38.4 cm³/mol. The lowest BCUT2D eigenvalue weighted by Crippen LogP contribution is -1.89. The van der Waals surface area contributed by atoms with E-state index < -0.39 is 0 Å². The average molecular weight is 136 g/mol. The van der Waals surface area contributed by atoms with E-state index in [1.54, 1.807) is 0 Å². The quantitative estimate of drug-likeness (QED) is 0.409. The van der Waals surface area contributed by atoms with Gasteiger partial charge in [0.1, 0.15) is 8.83 Å². The molecule has 2 heteroatoms. The molecular formula is C5H12ClSi. The van der Waals surface area contributed by atoms with E-state index in [0.29, 0.717) is 5.54 Å². The zero-order valence-electron chi connectivity index (χ0n) is 4.78. The van der Waals surface area contributed by atoms with Gasteiger partial charge in [-0.25, -0.2) is 0 Å². The Balaban J connectivity index is 2.83. The molecule has 0 aromatic rings. The maximum absolute atomic E-state index is 5.61. The third-order valence-electron chi connectivity index (χ3n) is 0.915. The van der Waals surface area contributed by atoms with Crippen molar-refractivity contribution >= 4 is 19.9 Å². The van der Waals surface area contributed by atoms with Gasteiger partial charge in [0, 0.05) is 0 Å². The Bertz CT molecular complexity index is 39.1. The van der Waals surface area contributed by atoms with E-state index in [2.05, 4.69) is 13.8 Å². The van der Waals surface area contributed by atoms with Gasteiger partial charge in [-0.05, 0) is 5.54 Å². The summed E-state index contributed by atoms with van der Waals surface area (Å²) in [5.74, 6) is 0. The number of hydrogen-bond acceptors (Lipinski definition) is 0.